The Hall–Kier alpha value is -2.95. The molecule has 2 aromatic heterocycles. The molecule has 3 rings (SSSR count). The molecule has 0 bridgehead atoms. The van der Waals surface area contributed by atoms with Gasteiger partial charge in [-0.25, -0.2) is 0 Å². The maximum absolute atomic E-state index is 13.2. The summed E-state index contributed by atoms with van der Waals surface area (Å²) in [6.07, 6.45) is 1.75. The van der Waals surface area contributed by atoms with E-state index in [0.29, 0.717) is 12.2 Å². The second-order valence-electron chi connectivity index (χ2n) is 6.14. The van der Waals surface area contributed by atoms with Gasteiger partial charge in [0.2, 0.25) is 0 Å². The van der Waals surface area contributed by atoms with Gasteiger partial charge < -0.3 is 4.90 Å². The number of nitrogens with zero attached hydrogens (tertiary/aromatic N) is 4. The van der Waals surface area contributed by atoms with Crippen LogP contribution in [0.1, 0.15) is 40.4 Å². The molecule has 0 aliphatic carbocycles. The molecule has 1 unspecified atom stereocenters. The van der Waals surface area contributed by atoms with Crippen LogP contribution in [0.15, 0.2) is 60.8 Å². The number of hydrogen-bond acceptors (Lipinski definition) is 3. The molecule has 0 aliphatic rings. The van der Waals surface area contributed by atoms with Crippen molar-refractivity contribution in [3.05, 3.63) is 83.4 Å². The zero-order valence-electron chi connectivity index (χ0n) is 14.8. The number of aromatic nitrogens is 3. The molecule has 5 nitrogen and oxygen atoms in total. The van der Waals surface area contributed by atoms with Crippen molar-refractivity contribution in [1.29, 1.82) is 0 Å². The van der Waals surface area contributed by atoms with Gasteiger partial charge in [-0.1, -0.05) is 36.4 Å². The van der Waals surface area contributed by atoms with Gasteiger partial charge in [0, 0.05) is 13.2 Å². The van der Waals surface area contributed by atoms with Crippen LogP contribution in [-0.4, -0.2) is 25.6 Å². The second-order valence-corrected chi connectivity index (χ2v) is 6.14. The molecule has 2 heterocycles. The van der Waals surface area contributed by atoms with E-state index in [0.717, 1.165) is 17.0 Å². The number of amides is 1. The minimum Gasteiger partial charge on any atom is -0.325 e. The van der Waals surface area contributed by atoms with E-state index in [1.165, 1.54) is 0 Å². The smallest absolute Gasteiger partial charge is 0.272 e. The van der Waals surface area contributed by atoms with Crippen molar-refractivity contribution >= 4 is 5.91 Å². The number of carbonyl (C=O) groups excluding carboxylic acids is 1. The second kappa shape index (κ2) is 7.30. The number of pyridine rings is 1. The van der Waals surface area contributed by atoms with E-state index in [-0.39, 0.29) is 11.9 Å². The van der Waals surface area contributed by atoms with Gasteiger partial charge in [0.1, 0.15) is 5.69 Å². The summed E-state index contributed by atoms with van der Waals surface area (Å²) in [5.74, 6) is -0.0508. The molecule has 0 radical (unpaired) electrons. The van der Waals surface area contributed by atoms with Crippen LogP contribution < -0.4 is 0 Å². The van der Waals surface area contributed by atoms with Crippen molar-refractivity contribution in [2.45, 2.75) is 26.4 Å². The predicted molar refractivity (Wildman–Crippen MR) is 96.9 cm³/mol. The molecule has 25 heavy (non-hydrogen) atoms. The van der Waals surface area contributed by atoms with Crippen LogP contribution in [0.4, 0.5) is 0 Å². The van der Waals surface area contributed by atoms with Crippen LogP contribution in [0.5, 0.6) is 0 Å². The minimum absolute atomic E-state index is 0.0508. The van der Waals surface area contributed by atoms with Crippen LogP contribution >= 0.6 is 0 Å². The van der Waals surface area contributed by atoms with Crippen LogP contribution in [0.3, 0.4) is 0 Å². The van der Waals surface area contributed by atoms with Crippen molar-refractivity contribution in [3.63, 3.8) is 0 Å². The molecule has 0 N–H and O–H groups in total. The van der Waals surface area contributed by atoms with E-state index < -0.39 is 0 Å². The summed E-state index contributed by atoms with van der Waals surface area (Å²) >= 11 is 0. The number of benzene rings is 1. The fourth-order valence-electron chi connectivity index (χ4n) is 2.92. The Kier molecular flexibility index (Phi) is 4.93. The zero-order chi connectivity index (χ0) is 17.8. The molecule has 5 heteroatoms. The largest absolute Gasteiger partial charge is 0.325 e. The number of rotatable bonds is 5. The highest BCUT2D eigenvalue weighted by molar-refractivity contribution is 5.93. The van der Waals surface area contributed by atoms with Gasteiger partial charge >= 0.3 is 0 Å². The Labute approximate surface area is 147 Å². The molecule has 0 spiro atoms. The summed E-state index contributed by atoms with van der Waals surface area (Å²) in [6, 6.07) is 17.5. The molecule has 0 saturated heterocycles. The first-order valence-corrected chi connectivity index (χ1v) is 8.32. The molecular formula is C20H22N4O. The average Bonchev–Trinajstić information content (AvgIpc) is 2.98. The zero-order valence-corrected chi connectivity index (χ0v) is 14.8. The van der Waals surface area contributed by atoms with E-state index in [4.69, 9.17) is 0 Å². The van der Waals surface area contributed by atoms with E-state index in [9.17, 15) is 4.79 Å². The Morgan fingerprint density at radius 2 is 1.88 bits per heavy atom. The lowest BCUT2D eigenvalue weighted by Gasteiger charge is -2.29. The topological polar surface area (TPSA) is 51.0 Å². The summed E-state index contributed by atoms with van der Waals surface area (Å²) in [5, 5.41) is 4.31. The summed E-state index contributed by atoms with van der Waals surface area (Å²) < 4.78 is 1.64. The lowest BCUT2D eigenvalue weighted by atomic mass is 10.1. The third-order valence-electron chi connectivity index (χ3n) is 4.29. The minimum atomic E-state index is -0.0779. The predicted octanol–water partition coefficient (Wildman–Crippen LogP) is 3.53. The number of hydrogen-bond donors (Lipinski definition) is 0. The van der Waals surface area contributed by atoms with E-state index in [1.54, 1.807) is 17.9 Å². The van der Waals surface area contributed by atoms with Crippen molar-refractivity contribution in [2.24, 2.45) is 7.05 Å². The molecule has 1 atom stereocenters. The van der Waals surface area contributed by atoms with E-state index >= 15 is 0 Å². The third kappa shape index (κ3) is 3.76. The standard InChI is InChI=1S/C20H22N4O/c1-15-13-19(23(3)22-15)20(25)24(14-18-11-7-8-12-21-18)16(2)17-9-5-4-6-10-17/h4-13,16H,14H2,1-3H3. The summed E-state index contributed by atoms with van der Waals surface area (Å²) in [5.41, 5.74) is 3.36. The normalized spacial score (nSPS) is 12.0. The molecule has 1 aromatic carbocycles. The number of aryl methyl sites for hydroxylation is 2. The van der Waals surface area contributed by atoms with Crippen molar-refractivity contribution in [2.75, 3.05) is 0 Å². The van der Waals surface area contributed by atoms with Gasteiger partial charge in [-0.3, -0.25) is 14.5 Å². The first-order valence-electron chi connectivity index (χ1n) is 8.32. The van der Waals surface area contributed by atoms with Crippen molar-refractivity contribution < 1.29 is 4.79 Å². The highest BCUT2D eigenvalue weighted by atomic mass is 16.2. The third-order valence-corrected chi connectivity index (χ3v) is 4.29. The highest BCUT2D eigenvalue weighted by Gasteiger charge is 2.25. The Morgan fingerprint density at radius 3 is 2.48 bits per heavy atom. The van der Waals surface area contributed by atoms with Gasteiger partial charge in [0.05, 0.1) is 24.0 Å². The molecular weight excluding hydrogens is 312 g/mol. The highest BCUT2D eigenvalue weighted by Crippen LogP contribution is 2.24. The van der Waals surface area contributed by atoms with Gasteiger partial charge in [-0.15, -0.1) is 0 Å². The number of carbonyl (C=O) groups is 1. The van der Waals surface area contributed by atoms with Crippen molar-refractivity contribution in [1.82, 2.24) is 19.7 Å². The van der Waals surface area contributed by atoms with Gasteiger partial charge in [-0.2, -0.15) is 5.10 Å². The van der Waals surface area contributed by atoms with Crippen LogP contribution in [0.25, 0.3) is 0 Å². The van der Waals surface area contributed by atoms with Crippen LogP contribution in [-0.2, 0) is 13.6 Å². The van der Waals surface area contributed by atoms with Crippen LogP contribution in [0.2, 0.25) is 0 Å². The van der Waals surface area contributed by atoms with Gasteiger partial charge in [0.25, 0.3) is 5.91 Å². The first-order chi connectivity index (χ1) is 12.1. The molecule has 128 valence electrons. The fourth-order valence-corrected chi connectivity index (χ4v) is 2.92. The van der Waals surface area contributed by atoms with Gasteiger partial charge in [-0.05, 0) is 37.6 Å². The maximum Gasteiger partial charge on any atom is 0.272 e. The van der Waals surface area contributed by atoms with E-state index in [2.05, 4.69) is 10.1 Å². The molecule has 3 aromatic rings. The fraction of sp³-hybridized carbons (Fsp3) is 0.250. The summed E-state index contributed by atoms with van der Waals surface area (Å²) in [4.78, 5) is 19.5. The quantitative estimate of drug-likeness (QED) is 0.717. The summed E-state index contributed by atoms with van der Waals surface area (Å²) in [6.45, 7) is 4.37. The Balaban J connectivity index is 1.96. The molecule has 0 fully saturated rings. The van der Waals surface area contributed by atoms with Crippen molar-refractivity contribution in [3.8, 4) is 0 Å². The maximum atomic E-state index is 13.2. The molecule has 0 saturated carbocycles. The lowest BCUT2D eigenvalue weighted by molar-refractivity contribution is 0.0660. The molecule has 0 aliphatic heterocycles. The van der Waals surface area contributed by atoms with E-state index in [1.807, 2.05) is 73.3 Å². The first kappa shape index (κ1) is 16.9. The lowest BCUT2D eigenvalue weighted by Crippen LogP contribution is -2.34. The SMILES string of the molecule is Cc1cc(C(=O)N(Cc2ccccn2)C(C)c2ccccc2)n(C)n1. The average molecular weight is 334 g/mol. The van der Waals surface area contributed by atoms with Gasteiger partial charge in [0.15, 0.2) is 0 Å². The Morgan fingerprint density at radius 1 is 1.16 bits per heavy atom. The monoisotopic (exact) mass is 334 g/mol. The Bertz CT molecular complexity index is 843. The summed E-state index contributed by atoms with van der Waals surface area (Å²) in [7, 11) is 1.80. The van der Waals surface area contributed by atoms with Crippen LogP contribution in [0, 0.1) is 6.92 Å². The molecule has 1 amide bonds.